The minimum absolute atomic E-state index is 0.135. The fourth-order valence-electron chi connectivity index (χ4n) is 1.31. The predicted molar refractivity (Wildman–Crippen MR) is 64.1 cm³/mol. The first-order chi connectivity index (χ1) is 7.99. The molecule has 0 unspecified atom stereocenters. The molecule has 1 aromatic heterocycles. The van der Waals surface area contributed by atoms with E-state index in [1.807, 2.05) is 0 Å². The maximum absolute atomic E-state index is 11.7. The molecule has 0 bridgehead atoms. The summed E-state index contributed by atoms with van der Waals surface area (Å²) < 4.78 is 9.69. The number of ether oxygens (including phenoxy) is 2. The third-order valence-electron chi connectivity index (χ3n) is 2.12. The molecule has 0 spiro atoms. The van der Waals surface area contributed by atoms with Gasteiger partial charge in [0.25, 0.3) is 5.91 Å². The average Bonchev–Trinajstić information content (AvgIpc) is 2.54. The van der Waals surface area contributed by atoms with Gasteiger partial charge in [-0.15, -0.1) is 11.3 Å². The Bertz CT molecular complexity index is 442. The highest BCUT2D eigenvalue weighted by molar-refractivity contribution is 7.18. The summed E-state index contributed by atoms with van der Waals surface area (Å²) in [5, 5.41) is 0.235. The van der Waals surface area contributed by atoms with Gasteiger partial charge in [0.05, 0.1) is 17.0 Å². The summed E-state index contributed by atoms with van der Waals surface area (Å²) in [7, 11) is 1.50. The monoisotopic (exact) mass is 258 g/mol. The van der Waals surface area contributed by atoms with Crippen molar-refractivity contribution in [3.05, 3.63) is 16.0 Å². The van der Waals surface area contributed by atoms with Gasteiger partial charge in [-0.05, 0) is 12.5 Å². The molecule has 0 aromatic carbocycles. The molecule has 0 atom stereocenters. The van der Waals surface area contributed by atoms with E-state index in [4.69, 9.17) is 20.9 Å². The van der Waals surface area contributed by atoms with E-state index < -0.39 is 11.9 Å². The van der Waals surface area contributed by atoms with Crippen LogP contribution in [0.5, 0.6) is 0 Å². The lowest BCUT2D eigenvalue weighted by Crippen LogP contribution is -2.13. The Balaban J connectivity index is 2.90. The molecule has 17 heavy (non-hydrogen) atoms. The number of amides is 1. The molecule has 1 aromatic rings. The smallest absolute Gasteiger partial charge is 0.341 e. The highest BCUT2D eigenvalue weighted by Gasteiger charge is 2.22. The molecule has 1 heterocycles. The summed E-state index contributed by atoms with van der Waals surface area (Å²) in [6.45, 7) is 2.05. The molecule has 0 saturated heterocycles. The Hall–Kier alpha value is -1.60. The summed E-state index contributed by atoms with van der Waals surface area (Å²) in [4.78, 5) is 23.0. The summed E-state index contributed by atoms with van der Waals surface area (Å²) in [5.41, 5.74) is 11.5. The van der Waals surface area contributed by atoms with Gasteiger partial charge in [0, 0.05) is 7.11 Å². The van der Waals surface area contributed by atoms with Crippen molar-refractivity contribution in [3.63, 3.8) is 0 Å². The van der Waals surface area contributed by atoms with Gasteiger partial charge < -0.3 is 20.9 Å². The fraction of sp³-hybridized carbons (Fsp3) is 0.400. The number of carbonyl (C=O) groups excluding carboxylic acids is 2. The van der Waals surface area contributed by atoms with Crippen LogP contribution >= 0.6 is 11.3 Å². The van der Waals surface area contributed by atoms with Crippen LogP contribution in [0.4, 0.5) is 5.00 Å². The summed E-state index contributed by atoms with van der Waals surface area (Å²) in [6, 6.07) is 0. The Morgan fingerprint density at radius 3 is 2.47 bits per heavy atom. The van der Waals surface area contributed by atoms with Gasteiger partial charge in [-0.25, -0.2) is 4.79 Å². The van der Waals surface area contributed by atoms with E-state index in [9.17, 15) is 9.59 Å². The van der Waals surface area contributed by atoms with Crippen LogP contribution in [-0.2, 0) is 9.47 Å². The van der Waals surface area contributed by atoms with Crippen molar-refractivity contribution in [2.24, 2.45) is 5.73 Å². The molecular weight excluding hydrogens is 244 g/mol. The van der Waals surface area contributed by atoms with Crippen molar-refractivity contribution in [1.82, 2.24) is 0 Å². The van der Waals surface area contributed by atoms with E-state index in [0.717, 1.165) is 11.3 Å². The molecular formula is C10H14N2O4S. The number of nitrogens with two attached hydrogens (primary N) is 2. The Morgan fingerprint density at radius 2 is 2.00 bits per heavy atom. The van der Waals surface area contributed by atoms with Crippen LogP contribution in [0.3, 0.4) is 0 Å². The van der Waals surface area contributed by atoms with Crippen LogP contribution in [-0.4, -0.2) is 32.2 Å². The van der Waals surface area contributed by atoms with Gasteiger partial charge >= 0.3 is 5.97 Å². The number of hydrogen-bond acceptors (Lipinski definition) is 6. The Kier molecular flexibility index (Phi) is 4.47. The number of thiophene rings is 1. The van der Waals surface area contributed by atoms with Crippen LogP contribution in [0.1, 0.15) is 25.6 Å². The van der Waals surface area contributed by atoms with Gasteiger partial charge in [0.2, 0.25) is 0 Å². The standard InChI is InChI=1S/C10H14N2O4S/c1-5-6(10(14)16-4-3-15-2)9(12)17-7(5)8(11)13/h3-4,12H2,1-2H3,(H2,11,13). The van der Waals surface area contributed by atoms with Crippen LogP contribution in [0.15, 0.2) is 0 Å². The largest absolute Gasteiger partial charge is 0.460 e. The molecule has 0 aliphatic rings. The number of nitrogen functional groups attached to an aromatic ring is 1. The second-order valence-corrected chi connectivity index (χ2v) is 4.34. The lowest BCUT2D eigenvalue weighted by atomic mass is 10.1. The van der Waals surface area contributed by atoms with Crippen LogP contribution in [0.25, 0.3) is 0 Å². The zero-order valence-corrected chi connectivity index (χ0v) is 10.4. The number of methoxy groups -OCH3 is 1. The van der Waals surface area contributed by atoms with Crippen molar-refractivity contribution >= 4 is 28.2 Å². The first kappa shape index (κ1) is 13.5. The van der Waals surface area contributed by atoms with Crippen LogP contribution in [0, 0.1) is 6.92 Å². The SMILES string of the molecule is COCCOC(=O)c1c(N)sc(C(N)=O)c1C. The molecule has 0 radical (unpaired) electrons. The normalized spacial score (nSPS) is 10.2. The second kappa shape index (κ2) is 5.65. The topological polar surface area (TPSA) is 105 Å². The Morgan fingerprint density at radius 1 is 1.35 bits per heavy atom. The minimum atomic E-state index is -0.602. The molecule has 7 heteroatoms. The highest BCUT2D eigenvalue weighted by Crippen LogP contribution is 2.30. The zero-order valence-electron chi connectivity index (χ0n) is 9.61. The van der Waals surface area contributed by atoms with Crippen molar-refractivity contribution in [2.45, 2.75) is 6.92 Å². The highest BCUT2D eigenvalue weighted by atomic mass is 32.1. The molecule has 94 valence electrons. The van der Waals surface area contributed by atoms with Crippen LogP contribution in [0.2, 0.25) is 0 Å². The van der Waals surface area contributed by atoms with Crippen molar-refractivity contribution in [1.29, 1.82) is 0 Å². The average molecular weight is 258 g/mol. The third kappa shape index (κ3) is 2.95. The molecule has 1 rings (SSSR count). The lowest BCUT2D eigenvalue weighted by Gasteiger charge is -2.04. The number of hydrogen-bond donors (Lipinski definition) is 2. The Labute approximate surface area is 102 Å². The first-order valence-corrected chi connectivity index (χ1v) is 5.65. The van der Waals surface area contributed by atoms with E-state index in [1.165, 1.54) is 7.11 Å². The van der Waals surface area contributed by atoms with Gasteiger partial charge in [-0.1, -0.05) is 0 Å². The number of esters is 1. The number of anilines is 1. The first-order valence-electron chi connectivity index (χ1n) is 4.83. The van der Waals surface area contributed by atoms with E-state index in [2.05, 4.69) is 0 Å². The minimum Gasteiger partial charge on any atom is -0.460 e. The molecule has 0 aliphatic heterocycles. The van der Waals surface area contributed by atoms with E-state index in [1.54, 1.807) is 6.92 Å². The number of primary amides is 1. The van der Waals surface area contributed by atoms with Gasteiger partial charge in [-0.2, -0.15) is 0 Å². The maximum atomic E-state index is 11.7. The van der Waals surface area contributed by atoms with Crippen molar-refractivity contribution in [2.75, 3.05) is 26.1 Å². The fourth-order valence-corrected chi connectivity index (χ4v) is 2.23. The molecule has 1 amide bonds. The van der Waals surface area contributed by atoms with Crippen molar-refractivity contribution < 1.29 is 19.1 Å². The van der Waals surface area contributed by atoms with Gasteiger partial charge in [0.15, 0.2) is 0 Å². The second-order valence-electron chi connectivity index (χ2n) is 3.29. The molecule has 0 saturated carbocycles. The lowest BCUT2D eigenvalue weighted by molar-refractivity contribution is 0.0389. The quantitative estimate of drug-likeness (QED) is 0.592. The van der Waals surface area contributed by atoms with Crippen molar-refractivity contribution in [3.8, 4) is 0 Å². The van der Waals surface area contributed by atoms with Gasteiger partial charge in [0.1, 0.15) is 11.6 Å². The summed E-state index contributed by atoms with van der Waals surface area (Å²) >= 11 is 0.988. The number of rotatable bonds is 5. The zero-order chi connectivity index (χ0) is 13.0. The summed E-state index contributed by atoms with van der Waals surface area (Å²) in [6.07, 6.45) is 0. The maximum Gasteiger partial charge on any atom is 0.341 e. The van der Waals surface area contributed by atoms with Gasteiger partial charge in [-0.3, -0.25) is 4.79 Å². The van der Waals surface area contributed by atoms with E-state index in [0.29, 0.717) is 12.2 Å². The molecule has 0 fully saturated rings. The summed E-state index contributed by atoms with van der Waals surface area (Å²) in [5.74, 6) is -1.17. The van der Waals surface area contributed by atoms with E-state index in [-0.39, 0.29) is 22.0 Å². The van der Waals surface area contributed by atoms with Crippen LogP contribution < -0.4 is 11.5 Å². The molecule has 4 N–H and O–H groups in total. The third-order valence-corrected chi connectivity index (χ3v) is 3.26. The molecule has 0 aliphatic carbocycles. The number of carbonyl (C=O) groups is 2. The molecule has 6 nitrogen and oxygen atoms in total. The van der Waals surface area contributed by atoms with E-state index >= 15 is 0 Å². The predicted octanol–water partition coefficient (Wildman–Crippen LogP) is 0.541.